The minimum atomic E-state index is 0.275. The quantitative estimate of drug-likeness (QED) is 0.569. The van der Waals surface area contributed by atoms with Crippen LogP contribution in [0.2, 0.25) is 0 Å². The van der Waals surface area contributed by atoms with Crippen molar-refractivity contribution in [2.45, 2.75) is 83.5 Å². The lowest BCUT2D eigenvalue weighted by atomic mass is 9.68. The highest BCUT2D eigenvalue weighted by molar-refractivity contribution is 5.31. The van der Waals surface area contributed by atoms with Crippen LogP contribution in [0.4, 0.5) is 0 Å². The average Bonchev–Trinajstić information content (AvgIpc) is 2.87. The zero-order valence-electron chi connectivity index (χ0n) is 13.5. The van der Waals surface area contributed by atoms with E-state index in [1.165, 1.54) is 56.9 Å². The molecular weight excluding hydrogens is 240 g/mol. The molecule has 0 aromatic heterocycles. The molecule has 0 aliphatic heterocycles. The van der Waals surface area contributed by atoms with Crippen LogP contribution in [-0.4, -0.2) is 0 Å². The largest absolute Gasteiger partial charge is 0.0617 e. The lowest BCUT2D eigenvalue weighted by Crippen LogP contribution is -2.24. The normalized spacial score (nSPS) is 23.4. The summed E-state index contributed by atoms with van der Waals surface area (Å²) in [5.74, 6) is 0.823. The van der Waals surface area contributed by atoms with Gasteiger partial charge in [0, 0.05) is 0 Å². The molecular formula is C20H30. The number of rotatable bonds is 1. The fourth-order valence-corrected chi connectivity index (χ4v) is 4.45. The predicted octanol–water partition coefficient (Wildman–Crippen LogP) is 6.20. The van der Waals surface area contributed by atoms with E-state index in [0.717, 1.165) is 11.3 Å². The summed E-state index contributed by atoms with van der Waals surface area (Å²) in [5, 5.41) is 0. The average molecular weight is 270 g/mol. The molecule has 2 saturated carbocycles. The zero-order valence-corrected chi connectivity index (χ0v) is 13.5. The van der Waals surface area contributed by atoms with Gasteiger partial charge in [-0.25, -0.2) is 0 Å². The van der Waals surface area contributed by atoms with Crippen LogP contribution in [0.1, 0.15) is 89.2 Å². The molecule has 1 aromatic rings. The molecule has 20 heavy (non-hydrogen) atoms. The molecule has 0 heteroatoms. The van der Waals surface area contributed by atoms with E-state index in [2.05, 4.69) is 45.0 Å². The van der Waals surface area contributed by atoms with Gasteiger partial charge in [0.1, 0.15) is 0 Å². The Morgan fingerprint density at radius 1 is 0.950 bits per heavy atom. The van der Waals surface area contributed by atoms with Gasteiger partial charge < -0.3 is 0 Å². The standard InChI is InChI=1S/C20H30/c1-19(2,3)18-8-6-7-17(15-18)16-9-13-20(14-10-16)11-4-5-12-20/h6-8,15-16H,4-5,9-14H2,1-3H3. The lowest BCUT2D eigenvalue weighted by Gasteiger charge is -2.37. The van der Waals surface area contributed by atoms with Crippen molar-refractivity contribution in [3.63, 3.8) is 0 Å². The highest BCUT2D eigenvalue weighted by Gasteiger charge is 2.37. The van der Waals surface area contributed by atoms with E-state index in [1.54, 1.807) is 5.56 Å². The summed E-state index contributed by atoms with van der Waals surface area (Å²) in [6.45, 7) is 6.96. The molecule has 3 rings (SSSR count). The molecule has 2 fully saturated rings. The molecule has 0 saturated heterocycles. The Kier molecular flexibility index (Phi) is 3.69. The molecule has 110 valence electrons. The minimum absolute atomic E-state index is 0.275. The number of benzene rings is 1. The minimum Gasteiger partial charge on any atom is -0.0617 e. The molecule has 0 N–H and O–H groups in total. The van der Waals surface area contributed by atoms with E-state index in [9.17, 15) is 0 Å². The molecule has 1 aromatic carbocycles. The molecule has 0 heterocycles. The summed E-state index contributed by atoms with van der Waals surface area (Å²) < 4.78 is 0. The summed E-state index contributed by atoms with van der Waals surface area (Å²) >= 11 is 0. The maximum absolute atomic E-state index is 2.48. The van der Waals surface area contributed by atoms with Gasteiger partial charge in [0.25, 0.3) is 0 Å². The topological polar surface area (TPSA) is 0 Å². The van der Waals surface area contributed by atoms with E-state index in [1.807, 2.05) is 0 Å². The second-order valence-electron chi connectivity index (χ2n) is 8.36. The Balaban J connectivity index is 1.72. The molecule has 2 aliphatic rings. The van der Waals surface area contributed by atoms with Crippen molar-refractivity contribution in [1.82, 2.24) is 0 Å². The van der Waals surface area contributed by atoms with Gasteiger partial charge in [-0.15, -0.1) is 0 Å². The Labute approximate surface area is 125 Å². The SMILES string of the molecule is CC(C)(C)c1cccc(C2CCC3(CCCC3)CC2)c1. The first-order valence-electron chi connectivity index (χ1n) is 8.59. The smallest absolute Gasteiger partial charge is 0.0132 e. The van der Waals surface area contributed by atoms with Crippen LogP contribution in [0, 0.1) is 5.41 Å². The second-order valence-corrected chi connectivity index (χ2v) is 8.36. The Morgan fingerprint density at radius 2 is 1.60 bits per heavy atom. The van der Waals surface area contributed by atoms with Gasteiger partial charge in [0.05, 0.1) is 0 Å². The Morgan fingerprint density at radius 3 is 2.20 bits per heavy atom. The molecule has 0 nitrogen and oxygen atoms in total. The Bertz CT molecular complexity index is 447. The van der Waals surface area contributed by atoms with E-state index in [0.29, 0.717) is 0 Å². The Hall–Kier alpha value is -0.780. The van der Waals surface area contributed by atoms with E-state index >= 15 is 0 Å². The van der Waals surface area contributed by atoms with Crippen molar-refractivity contribution < 1.29 is 0 Å². The third-order valence-corrected chi connectivity index (χ3v) is 5.93. The van der Waals surface area contributed by atoms with Crippen LogP contribution in [0.15, 0.2) is 24.3 Å². The van der Waals surface area contributed by atoms with Crippen LogP contribution < -0.4 is 0 Å². The van der Waals surface area contributed by atoms with Crippen molar-refractivity contribution in [2.75, 3.05) is 0 Å². The van der Waals surface area contributed by atoms with E-state index in [-0.39, 0.29) is 5.41 Å². The van der Waals surface area contributed by atoms with Crippen molar-refractivity contribution in [3.8, 4) is 0 Å². The van der Waals surface area contributed by atoms with Gasteiger partial charge in [-0.3, -0.25) is 0 Å². The fourth-order valence-electron chi connectivity index (χ4n) is 4.45. The maximum atomic E-state index is 2.48. The van der Waals surface area contributed by atoms with Crippen molar-refractivity contribution in [1.29, 1.82) is 0 Å². The van der Waals surface area contributed by atoms with Crippen molar-refractivity contribution >= 4 is 0 Å². The third-order valence-electron chi connectivity index (χ3n) is 5.93. The summed E-state index contributed by atoms with van der Waals surface area (Å²) in [5.41, 5.74) is 4.14. The molecule has 0 unspecified atom stereocenters. The van der Waals surface area contributed by atoms with E-state index < -0.39 is 0 Å². The lowest BCUT2D eigenvalue weighted by molar-refractivity contribution is 0.181. The molecule has 1 spiro atoms. The monoisotopic (exact) mass is 270 g/mol. The van der Waals surface area contributed by atoms with Gasteiger partial charge in [-0.05, 0) is 66.4 Å². The van der Waals surface area contributed by atoms with Gasteiger partial charge in [-0.1, -0.05) is 57.9 Å². The first-order chi connectivity index (χ1) is 9.49. The van der Waals surface area contributed by atoms with Crippen LogP contribution in [0.25, 0.3) is 0 Å². The van der Waals surface area contributed by atoms with Gasteiger partial charge in [0.15, 0.2) is 0 Å². The molecule has 0 atom stereocenters. The first kappa shape index (κ1) is 14.2. The molecule has 0 amide bonds. The van der Waals surface area contributed by atoms with Gasteiger partial charge in [-0.2, -0.15) is 0 Å². The second kappa shape index (κ2) is 5.20. The third kappa shape index (κ3) is 2.80. The van der Waals surface area contributed by atoms with E-state index in [4.69, 9.17) is 0 Å². The molecule has 2 aliphatic carbocycles. The van der Waals surface area contributed by atoms with Crippen LogP contribution >= 0.6 is 0 Å². The highest BCUT2D eigenvalue weighted by Crippen LogP contribution is 2.52. The fraction of sp³-hybridized carbons (Fsp3) is 0.700. The van der Waals surface area contributed by atoms with Gasteiger partial charge in [0.2, 0.25) is 0 Å². The van der Waals surface area contributed by atoms with Crippen molar-refractivity contribution in [2.24, 2.45) is 5.41 Å². The number of hydrogen-bond acceptors (Lipinski definition) is 0. The summed E-state index contributed by atoms with van der Waals surface area (Å²) in [6.07, 6.45) is 11.8. The summed E-state index contributed by atoms with van der Waals surface area (Å²) in [4.78, 5) is 0. The van der Waals surface area contributed by atoms with Crippen LogP contribution in [0.5, 0.6) is 0 Å². The highest BCUT2D eigenvalue weighted by atomic mass is 14.4. The van der Waals surface area contributed by atoms with Crippen molar-refractivity contribution in [3.05, 3.63) is 35.4 Å². The number of hydrogen-bond donors (Lipinski definition) is 0. The van der Waals surface area contributed by atoms with Gasteiger partial charge >= 0.3 is 0 Å². The maximum Gasteiger partial charge on any atom is -0.0132 e. The van der Waals surface area contributed by atoms with Crippen LogP contribution in [0.3, 0.4) is 0 Å². The predicted molar refractivity (Wildman–Crippen MR) is 87.3 cm³/mol. The summed E-state index contributed by atoms with van der Waals surface area (Å²) in [6, 6.07) is 9.42. The molecule has 0 bridgehead atoms. The zero-order chi connectivity index (χ0) is 14.2. The summed E-state index contributed by atoms with van der Waals surface area (Å²) in [7, 11) is 0. The van der Waals surface area contributed by atoms with Crippen LogP contribution in [-0.2, 0) is 5.41 Å². The first-order valence-corrected chi connectivity index (χ1v) is 8.59. The molecule has 0 radical (unpaired) electrons.